The molecule has 2 bridgehead atoms. The number of carboxylic acid groups (broad SMARTS) is 1. The lowest BCUT2D eigenvalue weighted by molar-refractivity contribution is -0.828. The first-order valence-electron chi connectivity index (χ1n) is 12.3. The lowest BCUT2D eigenvalue weighted by Gasteiger charge is -2.60. The molecule has 4 rings (SSSR count). The van der Waals surface area contributed by atoms with Crippen molar-refractivity contribution in [3.63, 3.8) is 0 Å². The Morgan fingerprint density at radius 3 is 2.73 bits per heavy atom. The molecule has 3 aliphatic carbocycles. The number of carbonyl (C=O) groups excluding carboxylic acids is 2. The number of carbonyl (C=O) groups is 2. The van der Waals surface area contributed by atoms with Crippen LogP contribution in [0.5, 0.6) is 0 Å². The summed E-state index contributed by atoms with van der Waals surface area (Å²) in [7, 11) is 3.83. The Morgan fingerprint density at radius 2 is 2.09 bits per heavy atom. The van der Waals surface area contributed by atoms with E-state index >= 15 is 0 Å². The maximum absolute atomic E-state index is 12.3. The van der Waals surface area contributed by atoms with Crippen molar-refractivity contribution in [3.8, 4) is 0 Å². The maximum atomic E-state index is 12.3. The van der Waals surface area contributed by atoms with Crippen molar-refractivity contribution in [2.75, 3.05) is 46.8 Å². The Morgan fingerprint density at radius 1 is 1.33 bits per heavy atom. The lowest BCUT2D eigenvalue weighted by Crippen LogP contribution is -3.19. The first-order chi connectivity index (χ1) is 15.7. The molecule has 2 saturated carbocycles. The first kappa shape index (κ1) is 24.3. The smallest absolute Gasteiger partial charge is 0.293 e. The van der Waals surface area contributed by atoms with Crippen molar-refractivity contribution in [1.82, 2.24) is 10.6 Å². The number of rotatable bonds is 7. The minimum Gasteiger partial charge on any atom is -0.545 e. The van der Waals surface area contributed by atoms with Crippen molar-refractivity contribution in [2.24, 2.45) is 39.3 Å². The van der Waals surface area contributed by atoms with Gasteiger partial charge in [-0.15, -0.1) is 0 Å². The number of piperidine rings is 1. The molecule has 9 nitrogen and oxygen atoms in total. The van der Waals surface area contributed by atoms with Gasteiger partial charge in [-0.2, -0.15) is 0 Å². The Labute approximate surface area is 195 Å². The molecule has 3 fully saturated rings. The van der Waals surface area contributed by atoms with Crippen molar-refractivity contribution in [2.45, 2.75) is 44.6 Å². The van der Waals surface area contributed by atoms with E-state index in [2.05, 4.69) is 22.5 Å². The summed E-state index contributed by atoms with van der Waals surface area (Å²) in [6.07, 6.45) is 4.06. The normalized spacial score (nSPS) is 42.6. The first-order valence-corrected chi connectivity index (χ1v) is 12.3. The van der Waals surface area contributed by atoms with E-state index in [9.17, 15) is 19.8 Å². The summed E-state index contributed by atoms with van der Waals surface area (Å²) in [6.45, 7) is 5.94. The number of aliphatic carboxylic acids is 1. The van der Waals surface area contributed by atoms with Crippen LogP contribution in [0.2, 0.25) is 0 Å². The van der Waals surface area contributed by atoms with Gasteiger partial charge in [-0.1, -0.05) is 12.5 Å². The molecule has 2 spiro atoms. The van der Waals surface area contributed by atoms with Gasteiger partial charge in [0, 0.05) is 29.4 Å². The van der Waals surface area contributed by atoms with Crippen LogP contribution in [0.3, 0.4) is 0 Å². The zero-order valence-corrected chi connectivity index (χ0v) is 20.1. The van der Waals surface area contributed by atoms with Crippen LogP contribution in [-0.4, -0.2) is 75.7 Å². The molecule has 1 saturated heterocycles. The van der Waals surface area contributed by atoms with E-state index < -0.39 is 17.0 Å². The largest absolute Gasteiger partial charge is 0.545 e. The van der Waals surface area contributed by atoms with Crippen LogP contribution in [0.1, 0.15) is 39.0 Å². The zero-order chi connectivity index (χ0) is 24.0. The second kappa shape index (κ2) is 8.76. The molecule has 7 atom stereocenters. The molecule has 0 radical (unpaired) electrons. The van der Waals surface area contributed by atoms with E-state index in [1.54, 1.807) is 0 Å². The minimum absolute atomic E-state index is 0.129. The van der Waals surface area contributed by atoms with Crippen LogP contribution < -0.4 is 26.4 Å². The molecule has 0 aromatic carbocycles. The van der Waals surface area contributed by atoms with Crippen LogP contribution in [0, 0.1) is 28.6 Å². The number of nitrogens with two attached hydrogens (primary N) is 1. The van der Waals surface area contributed by atoms with Crippen molar-refractivity contribution in [3.05, 3.63) is 11.1 Å². The summed E-state index contributed by atoms with van der Waals surface area (Å²) in [5.74, 6) is -0.0945. The number of aliphatic hydroxyl groups is 1. The highest BCUT2D eigenvalue weighted by Gasteiger charge is 2.75. The number of allylic oxidation sites excluding steroid dienone is 1. The van der Waals surface area contributed by atoms with Gasteiger partial charge in [0.1, 0.15) is 5.60 Å². The second-order valence-electron chi connectivity index (χ2n) is 10.7. The number of likely N-dealkylation sites (N-methyl/N-ethyl adjacent to an activating group) is 1. The third-order valence-corrected chi connectivity index (χ3v) is 9.51. The van der Waals surface area contributed by atoms with Crippen LogP contribution in [0.4, 0.5) is 0 Å². The Bertz CT molecular complexity index is 875. The number of aliphatic imine (C=N–C) groups is 1. The van der Waals surface area contributed by atoms with E-state index in [-0.39, 0.29) is 29.2 Å². The number of nitrogens with one attached hydrogen (secondary N) is 3. The number of nitrogens with zero attached hydrogens (tertiary/aromatic N) is 1. The standard InChI is InChI=1S/C24H39N5O4/c1-15-4-5-16-10-18-19(20(31)32)22(33,14-30)12-23(15,18)24(16)13-29(9-6-17(24)11-27-3)21(25)28-8-7-26-2/h14-17,26-27,33H,4-13H2,1-3H3,(H2,25,28)(H,31,32)/t15-,16-,17-,22+,23+,24-/m1/s1. The lowest BCUT2D eigenvalue weighted by atomic mass is 9.45. The summed E-state index contributed by atoms with van der Waals surface area (Å²) in [5, 5.41) is 30.0. The summed E-state index contributed by atoms with van der Waals surface area (Å²) < 4.78 is 0. The van der Waals surface area contributed by atoms with Gasteiger partial charge in [0.15, 0.2) is 6.29 Å². The molecule has 1 aliphatic heterocycles. The number of hydrogen-bond acceptors (Lipinski definition) is 7. The van der Waals surface area contributed by atoms with Crippen LogP contribution in [0.15, 0.2) is 16.1 Å². The van der Waals surface area contributed by atoms with Gasteiger partial charge in [-0.05, 0) is 64.1 Å². The third kappa shape index (κ3) is 3.31. The number of guanidine groups is 1. The summed E-state index contributed by atoms with van der Waals surface area (Å²) in [5.41, 5.74) is 4.26. The number of hydrogen-bond donors (Lipinski definition) is 5. The summed E-state index contributed by atoms with van der Waals surface area (Å²) in [4.78, 5) is 30.1. The fraction of sp³-hybridized carbons (Fsp3) is 0.792. The van der Waals surface area contributed by atoms with Crippen molar-refractivity contribution in [1.29, 1.82) is 0 Å². The van der Waals surface area contributed by atoms with Gasteiger partial charge in [0.05, 0.1) is 25.6 Å². The topological polar surface area (TPSA) is 144 Å². The fourth-order valence-corrected chi connectivity index (χ4v) is 8.36. The Kier molecular flexibility index (Phi) is 6.46. The molecule has 33 heavy (non-hydrogen) atoms. The molecular formula is C24H39N5O4. The predicted octanol–water partition coefficient (Wildman–Crippen LogP) is -2.55. The van der Waals surface area contributed by atoms with Crippen LogP contribution in [-0.2, 0) is 9.59 Å². The monoisotopic (exact) mass is 461 g/mol. The summed E-state index contributed by atoms with van der Waals surface area (Å²) >= 11 is 0. The van der Waals surface area contributed by atoms with E-state index in [4.69, 9.17) is 5.73 Å². The Balaban J connectivity index is 1.87. The highest BCUT2D eigenvalue weighted by Crippen LogP contribution is 2.76. The van der Waals surface area contributed by atoms with Gasteiger partial charge in [-0.25, -0.2) is 4.99 Å². The fourth-order valence-electron chi connectivity index (χ4n) is 8.36. The van der Waals surface area contributed by atoms with Crippen LogP contribution in [0.25, 0.3) is 0 Å². The quantitative estimate of drug-likeness (QED) is 0.121. The molecular weight excluding hydrogens is 422 g/mol. The van der Waals surface area contributed by atoms with Gasteiger partial charge in [-0.3, -0.25) is 9.69 Å². The highest BCUT2D eigenvalue weighted by molar-refractivity contribution is 5.96. The van der Waals surface area contributed by atoms with E-state index in [0.717, 1.165) is 55.9 Å². The molecule has 1 unspecified atom stereocenters. The van der Waals surface area contributed by atoms with Crippen LogP contribution >= 0.6 is 0 Å². The van der Waals surface area contributed by atoms with E-state index in [1.807, 2.05) is 14.1 Å². The molecule has 0 aromatic heterocycles. The predicted molar refractivity (Wildman–Crippen MR) is 122 cm³/mol. The average Bonchev–Trinajstić information content (AvgIpc) is 3.13. The molecule has 1 heterocycles. The highest BCUT2D eigenvalue weighted by atomic mass is 16.4. The zero-order valence-electron chi connectivity index (χ0n) is 20.1. The molecule has 4 aliphatic rings. The van der Waals surface area contributed by atoms with E-state index in [0.29, 0.717) is 31.1 Å². The molecule has 184 valence electrons. The second-order valence-corrected chi connectivity index (χ2v) is 10.7. The maximum Gasteiger partial charge on any atom is 0.293 e. The van der Waals surface area contributed by atoms with Crippen molar-refractivity contribution >= 4 is 18.2 Å². The van der Waals surface area contributed by atoms with E-state index in [1.165, 1.54) is 0 Å². The minimum atomic E-state index is -1.99. The van der Waals surface area contributed by atoms with Gasteiger partial charge in [0.25, 0.3) is 5.96 Å². The average molecular weight is 462 g/mol. The SMILES string of the molecule is CNCCN=C(N)[NH+]1CC[C@H](CNC)[C@@]2(C1)[C@@H]1CC[C@@H](C)[C@]23C[C@](O)(C=O)C(C(=O)[O-])=C3C1. The number of carboxylic acids is 1. The number of aldehydes is 1. The molecule has 9 heteroatoms. The van der Waals surface area contributed by atoms with Gasteiger partial charge < -0.3 is 31.4 Å². The summed E-state index contributed by atoms with van der Waals surface area (Å²) in [6, 6.07) is 0. The molecule has 0 aromatic rings. The van der Waals surface area contributed by atoms with Crippen molar-refractivity contribution < 1.29 is 24.7 Å². The molecule has 6 N–H and O–H groups in total. The molecule has 0 amide bonds. The van der Waals surface area contributed by atoms with Gasteiger partial charge in [0.2, 0.25) is 0 Å². The Hall–Kier alpha value is -1.81. The van der Waals surface area contributed by atoms with Gasteiger partial charge >= 0.3 is 0 Å². The third-order valence-electron chi connectivity index (χ3n) is 9.51. The number of likely N-dealkylation sites (tertiary alicyclic amines) is 1. The number of quaternary nitrogens is 1.